The third-order valence-corrected chi connectivity index (χ3v) is 6.37. The Labute approximate surface area is 203 Å². The van der Waals surface area contributed by atoms with Crippen LogP contribution >= 0.6 is 0 Å². The van der Waals surface area contributed by atoms with Crippen molar-refractivity contribution < 1.29 is 42.5 Å². The van der Waals surface area contributed by atoms with Crippen molar-refractivity contribution in [1.29, 1.82) is 0 Å². The molecule has 0 fully saturated rings. The van der Waals surface area contributed by atoms with E-state index < -0.39 is 10.1 Å². The molecule has 5 nitrogen and oxygen atoms in total. The van der Waals surface area contributed by atoms with Gasteiger partial charge in [-0.05, 0) is 36.6 Å². The van der Waals surface area contributed by atoms with E-state index in [0.717, 1.165) is 29.8 Å². The van der Waals surface area contributed by atoms with Crippen molar-refractivity contribution in [3.8, 4) is 0 Å². The Balaban J connectivity index is 0.00000320. The first kappa shape index (κ1) is 25.2. The van der Waals surface area contributed by atoms with E-state index in [0.29, 0.717) is 6.54 Å². The van der Waals surface area contributed by atoms with Crippen LogP contribution in [0.2, 0.25) is 0 Å². The predicted molar refractivity (Wildman–Crippen MR) is 117 cm³/mol. The van der Waals surface area contributed by atoms with E-state index in [1.54, 1.807) is 6.07 Å². The molecule has 0 bridgehead atoms. The van der Waals surface area contributed by atoms with Crippen LogP contribution in [0, 0.1) is 0 Å². The number of benzene rings is 2. The second-order valence-electron chi connectivity index (χ2n) is 7.82. The minimum atomic E-state index is -4.47. The molecule has 1 atom stereocenters. The quantitative estimate of drug-likeness (QED) is 0.332. The van der Waals surface area contributed by atoms with E-state index in [2.05, 4.69) is 29.3 Å². The number of nitrogens with zero attached hydrogens (tertiary/aromatic N) is 1. The van der Waals surface area contributed by atoms with Crippen LogP contribution in [0.5, 0.6) is 0 Å². The molecule has 0 saturated heterocycles. The molecule has 2 aromatic rings. The van der Waals surface area contributed by atoms with Gasteiger partial charge in [0.15, 0.2) is 0 Å². The van der Waals surface area contributed by atoms with Crippen molar-refractivity contribution in [1.82, 2.24) is 0 Å². The van der Waals surface area contributed by atoms with Crippen molar-refractivity contribution >= 4 is 21.5 Å². The fraction of sp³-hybridized carbons (Fsp3) is 0.478. The van der Waals surface area contributed by atoms with Gasteiger partial charge in [0.2, 0.25) is 0 Å². The van der Waals surface area contributed by atoms with Crippen molar-refractivity contribution in [2.75, 3.05) is 10.2 Å². The first-order valence-electron chi connectivity index (χ1n) is 10.7. The SMILES string of the molecule is CCCCCCCCCC1Nc2ccc(S(=O)(=O)[O-])cc2N1Cc1ccccc1.[Na+]. The number of unbranched alkanes of at least 4 members (excludes halogenated alkanes) is 6. The van der Waals surface area contributed by atoms with Crippen LogP contribution in [0.1, 0.15) is 63.9 Å². The summed E-state index contributed by atoms with van der Waals surface area (Å²) in [5.74, 6) is 0. The van der Waals surface area contributed by atoms with E-state index in [4.69, 9.17) is 0 Å². The van der Waals surface area contributed by atoms with Crippen LogP contribution in [0.4, 0.5) is 11.4 Å². The first-order valence-corrected chi connectivity index (χ1v) is 12.1. The zero-order valence-electron chi connectivity index (χ0n) is 18.1. The second kappa shape index (κ2) is 12.1. The molecule has 0 aliphatic carbocycles. The van der Waals surface area contributed by atoms with Gasteiger partial charge in [-0.15, -0.1) is 0 Å². The Kier molecular flexibility index (Phi) is 10.2. The molecule has 1 aliphatic heterocycles. The molecule has 0 spiro atoms. The van der Waals surface area contributed by atoms with E-state index in [1.165, 1.54) is 50.7 Å². The third-order valence-electron chi connectivity index (χ3n) is 5.54. The van der Waals surface area contributed by atoms with Gasteiger partial charge in [0.25, 0.3) is 0 Å². The molecule has 3 rings (SSSR count). The van der Waals surface area contributed by atoms with Crippen molar-refractivity contribution in [2.24, 2.45) is 0 Å². The van der Waals surface area contributed by atoms with E-state index in [9.17, 15) is 13.0 Å². The first-order chi connectivity index (χ1) is 14.0. The number of fused-ring (bicyclic) bond motifs is 1. The molecule has 0 aromatic heterocycles. The van der Waals surface area contributed by atoms with Gasteiger partial charge < -0.3 is 14.8 Å². The Bertz CT molecular complexity index is 891. The monoisotopic (exact) mass is 438 g/mol. The molecular weight excluding hydrogens is 407 g/mol. The molecular formula is C23H31N2NaO3S. The number of hydrogen-bond donors (Lipinski definition) is 1. The summed E-state index contributed by atoms with van der Waals surface area (Å²) in [6.07, 6.45) is 9.86. The molecule has 1 N–H and O–H groups in total. The molecule has 7 heteroatoms. The minimum absolute atomic E-state index is 0. The van der Waals surface area contributed by atoms with Crippen LogP contribution < -0.4 is 39.8 Å². The topological polar surface area (TPSA) is 72.5 Å². The van der Waals surface area contributed by atoms with Crippen LogP contribution in [0.3, 0.4) is 0 Å². The van der Waals surface area contributed by atoms with E-state index in [1.807, 2.05) is 18.2 Å². The summed E-state index contributed by atoms with van der Waals surface area (Å²) in [7, 11) is -4.47. The van der Waals surface area contributed by atoms with Gasteiger partial charge in [-0.3, -0.25) is 0 Å². The van der Waals surface area contributed by atoms with Gasteiger partial charge in [0.1, 0.15) is 10.1 Å². The van der Waals surface area contributed by atoms with Crippen molar-refractivity contribution in [2.45, 2.75) is 75.9 Å². The Morgan fingerprint density at radius 3 is 2.30 bits per heavy atom. The van der Waals surface area contributed by atoms with E-state index >= 15 is 0 Å². The normalized spacial score (nSPS) is 15.4. The van der Waals surface area contributed by atoms with Gasteiger partial charge in [-0.25, -0.2) is 8.42 Å². The predicted octanol–water partition coefficient (Wildman–Crippen LogP) is 2.49. The molecule has 30 heavy (non-hydrogen) atoms. The molecule has 1 aliphatic rings. The summed E-state index contributed by atoms with van der Waals surface area (Å²) in [6, 6.07) is 14.7. The van der Waals surface area contributed by atoms with Gasteiger partial charge in [-0.2, -0.15) is 0 Å². The van der Waals surface area contributed by atoms with Crippen molar-refractivity contribution in [3.63, 3.8) is 0 Å². The number of hydrogen-bond acceptors (Lipinski definition) is 5. The molecule has 2 aromatic carbocycles. The minimum Gasteiger partial charge on any atom is -0.744 e. The summed E-state index contributed by atoms with van der Waals surface area (Å²) >= 11 is 0. The molecule has 158 valence electrons. The summed E-state index contributed by atoms with van der Waals surface area (Å²) in [4.78, 5) is 2.02. The zero-order chi connectivity index (χ0) is 20.7. The standard InChI is InChI=1S/C23H32N2O3S.Na/c1-2-3-4-5-6-7-11-14-23-24-21-16-15-20(29(26,27)28)17-22(21)25(23)18-19-12-9-8-10-13-19;/h8-10,12-13,15-17,23-24H,2-7,11,14,18H2,1H3,(H,26,27,28);/q;+1/p-1. The van der Waals surface area contributed by atoms with Crippen LogP contribution in [-0.4, -0.2) is 19.1 Å². The van der Waals surface area contributed by atoms with Gasteiger partial charge in [0, 0.05) is 6.54 Å². The fourth-order valence-electron chi connectivity index (χ4n) is 3.95. The van der Waals surface area contributed by atoms with E-state index in [-0.39, 0.29) is 40.6 Å². The van der Waals surface area contributed by atoms with Crippen LogP contribution in [-0.2, 0) is 16.7 Å². The maximum atomic E-state index is 11.5. The molecule has 0 amide bonds. The molecule has 1 heterocycles. The van der Waals surface area contributed by atoms with Gasteiger partial charge in [0.05, 0.1) is 22.4 Å². The number of anilines is 2. The average molecular weight is 439 g/mol. The largest absolute Gasteiger partial charge is 1.00 e. The van der Waals surface area contributed by atoms with Crippen LogP contribution in [0.25, 0.3) is 0 Å². The molecule has 0 radical (unpaired) electrons. The fourth-order valence-corrected chi connectivity index (χ4v) is 4.44. The Morgan fingerprint density at radius 1 is 0.967 bits per heavy atom. The zero-order valence-corrected chi connectivity index (χ0v) is 21.0. The smallest absolute Gasteiger partial charge is 0.744 e. The number of rotatable bonds is 11. The Morgan fingerprint density at radius 2 is 1.63 bits per heavy atom. The maximum Gasteiger partial charge on any atom is 1.00 e. The molecule has 1 unspecified atom stereocenters. The maximum absolute atomic E-state index is 11.5. The average Bonchev–Trinajstić information content (AvgIpc) is 3.04. The summed E-state index contributed by atoms with van der Waals surface area (Å²) < 4.78 is 34.5. The Hall–Kier alpha value is -1.05. The van der Waals surface area contributed by atoms with Gasteiger partial charge in [-0.1, -0.05) is 75.8 Å². The molecule has 0 saturated carbocycles. The van der Waals surface area contributed by atoms with Crippen molar-refractivity contribution in [3.05, 3.63) is 54.1 Å². The summed E-state index contributed by atoms with van der Waals surface area (Å²) in [6.45, 7) is 2.90. The van der Waals surface area contributed by atoms with Gasteiger partial charge >= 0.3 is 29.6 Å². The number of nitrogens with one attached hydrogen (secondary N) is 1. The summed E-state index contributed by atoms with van der Waals surface area (Å²) in [5, 5.41) is 3.52. The third kappa shape index (κ3) is 6.99. The summed E-state index contributed by atoms with van der Waals surface area (Å²) in [5.41, 5.74) is 2.84. The van der Waals surface area contributed by atoms with Crippen LogP contribution in [0.15, 0.2) is 53.4 Å². The second-order valence-corrected chi connectivity index (χ2v) is 9.20.